The van der Waals surface area contributed by atoms with Gasteiger partial charge in [0.1, 0.15) is 30.4 Å². The van der Waals surface area contributed by atoms with Crippen LogP contribution in [0.15, 0.2) is 30.9 Å². The van der Waals surface area contributed by atoms with Gasteiger partial charge in [0.15, 0.2) is 23.2 Å². The summed E-state index contributed by atoms with van der Waals surface area (Å²) in [6, 6.07) is 6.16. The minimum absolute atomic E-state index is 0.0862. The Labute approximate surface area is 172 Å². The molecule has 0 bridgehead atoms. The number of anilines is 1. The molecule has 0 saturated carbocycles. The first-order valence-corrected chi connectivity index (χ1v) is 9.84. The Bertz CT molecular complexity index is 1070. The van der Waals surface area contributed by atoms with E-state index in [1.807, 2.05) is 6.07 Å². The first kappa shape index (κ1) is 19.2. The van der Waals surface area contributed by atoms with Gasteiger partial charge in [0.2, 0.25) is 0 Å². The van der Waals surface area contributed by atoms with Gasteiger partial charge in [-0.15, -0.1) is 0 Å². The Morgan fingerprint density at radius 1 is 1.23 bits per heavy atom. The van der Waals surface area contributed by atoms with Crippen LogP contribution in [0.5, 0.6) is 5.75 Å². The summed E-state index contributed by atoms with van der Waals surface area (Å²) < 4.78 is 12.5. The number of aliphatic hydroxyl groups excluding tert-OH is 3. The van der Waals surface area contributed by atoms with Crippen LogP contribution in [0, 0.1) is 0 Å². The van der Waals surface area contributed by atoms with Gasteiger partial charge in [-0.05, 0) is 36.1 Å². The Morgan fingerprint density at radius 2 is 2.10 bits per heavy atom. The molecule has 1 aliphatic heterocycles. The van der Waals surface area contributed by atoms with E-state index in [4.69, 9.17) is 9.47 Å². The van der Waals surface area contributed by atoms with Gasteiger partial charge in [-0.1, -0.05) is 6.07 Å². The molecular weight excluding hydrogens is 390 g/mol. The van der Waals surface area contributed by atoms with E-state index in [0.29, 0.717) is 17.0 Å². The van der Waals surface area contributed by atoms with E-state index in [1.54, 1.807) is 11.7 Å². The second kappa shape index (κ2) is 7.47. The van der Waals surface area contributed by atoms with E-state index in [-0.39, 0.29) is 6.04 Å². The SMILES string of the molecule is COc1ccc2c(c1)CCC2Nc1ncnc2c1ncn2[C@@H]1O[C@H](CO)C(O)C1O. The number of nitrogens with one attached hydrogen (secondary N) is 1. The maximum atomic E-state index is 10.3. The van der Waals surface area contributed by atoms with Crippen molar-refractivity contribution in [3.05, 3.63) is 42.0 Å². The number of hydrogen-bond donors (Lipinski definition) is 4. The summed E-state index contributed by atoms with van der Waals surface area (Å²) in [7, 11) is 1.66. The predicted molar refractivity (Wildman–Crippen MR) is 106 cm³/mol. The zero-order valence-electron chi connectivity index (χ0n) is 16.3. The molecule has 3 unspecified atom stereocenters. The maximum Gasteiger partial charge on any atom is 0.167 e. The van der Waals surface area contributed by atoms with Gasteiger partial charge in [-0.2, -0.15) is 0 Å². The Kier molecular flexibility index (Phi) is 4.78. The van der Waals surface area contributed by atoms with Crippen LogP contribution in [-0.2, 0) is 11.2 Å². The lowest BCUT2D eigenvalue weighted by atomic mass is 10.1. The maximum absolute atomic E-state index is 10.3. The van der Waals surface area contributed by atoms with Crippen LogP contribution in [0.3, 0.4) is 0 Å². The minimum atomic E-state index is -1.21. The van der Waals surface area contributed by atoms with Crippen molar-refractivity contribution in [1.29, 1.82) is 0 Å². The molecule has 10 nitrogen and oxygen atoms in total. The van der Waals surface area contributed by atoms with Crippen LogP contribution in [-0.4, -0.2) is 66.9 Å². The summed E-state index contributed by atoms with van der Waals surface area (Å²) in [4.78, 5) is 13.1. The lowest BCUT2D eigenvalue weighted by molar-refractivity contribution is -0.0511. The summed E-state index contributed by atoms with van der Waals surface area (Å²) in [5.74, 6) is 1.43. The molecule has 1 fully saturated rings. The van der Waals surface area contributed by atoms with Crippen LogP contribution in [0.25, 0.3) is 11.2 Å². The van der Waals surface area contributed by atoms with Crippen LogP contribution in [0.1, 0.15) is 29.8 Å². The Hall–Kier alpha value is -2.79. The minimum Gasteiger partial charge on any atom is -0.497 e. The lowest BCUT2D eigenvalue weighted by Gasteiger charge is -2.17. The van der Waals surface area contributed by atoms with Gasteiger partial charge in [-0.25, -0.2) is 15.0 Å². The van der Waals surface area contributed by atoms with E-state index in [2.05, 4.69) is 32.4 Å². The van der Waals surface area contributed by atoms with Crippen molar-refractivity contribution in [2.24, 2.45) is 0 Å². The summed E-state index contributed by atoms with van der Waals surface area (Å²) in [5, 5.41) is 33.2. The number of nitrogens with zero attached hydrogens (tertiary/aromatic N) is 4. The largest absolute Gasteiger partial charge is 0.497 e. The van der Waals surface area contributed by atoms with Gasteiger partial charge in [0.05, 0.1) is 26.1 Å². The van der Waals surface area contributed by atoms with Gasteiger partial charge in [0.25, 0.3) is 0 Å². The third kappa shape index (κ3) is 3.00. The van der Waals surface area contributed by atoms with Crippen molar-refractivity contribution in [2.45, 2.75) is 43.4 Å². The van der Waals surface area contributed by atoms with Crippen LogP contribution in [0.4, 0.5) is 5.82 Å². The Morgan fingerprint density at radius 3 is 2.87 bits per heavy atom. The summed E-state index contributed by atoms with van der Waals surface area (Å²) in [6.45, 7) is -0.394. The van der Waals surface area contributed by atoms with Gasteiger partial charge < -0.3 is 30.1 Å². The monoisotopic (exact) mass is 413 g/mol. The summed E-state index contributed by atoms with van der Waals surface area (Å²) >= 11 is 0. The van der Waals surface area contributed by atoms with Gasteiger partial charge in [0, 0.05) is 0 Å². The molecule has 5 atom stereocenters. The third-order valence-electron chi connectivity index (χ3n) is 5.89. The molecular formula is C20H23N5O5. The molecule has 0 spiro atoms. The number of imidazole rings is 1. The fourth-order valence-electron chi connectivity index (χ4n) is 4.29. The first-order valence-electron chi connectivity index (χ1n) is 9.84. The third-order valence-corrected chi connectivity index (χ3v) is 5.89. The Balaban J connectivity index is 1.44. The topological polar surface area (TPSA) is 135 Å². The molecule has 1 aromatic carbocycles. The molecule has 1 aliphatic carbocycles. The molecule has 3 aromatic rings. The molecule has 4 N–H and O–H groups in total. The highest BCUT2D eigenvalue weighted by Crippen LogP contribution is 2.37. The molecule has 5 rings (SSSR count). The number of aliphatic hydroxyl groups is 3. The average Bonchev–Trinajstić information content (AvgIpc) is 3.45. The van der Waals surface area contributed by atoms with Crippen LogP contribution in [0.2, 0.25) is 0 Å². The second-order valence-electron chi connectivity index (χ2n) is 7.58. The molecule has 10 heteroatoms. The van der Waals surface area contributed by atoms with E-state index < -0.39 is 31.1 Å². The highest BCUT2D eigenvalue weighted by Gasteiger charge is 2.44. The number of aryl methyl sites for hydroxylation is 1. The molecule has 0 amide bonds. The summed E-state index contributed by atoms with van der Waals surface area (Å²) in [5.41, 5.74) is 3.45. The number of fused-ring (bicyclic) bond motifs is 2. The molecule has 2 aromatic heterocycles. The number of ether oxygens (including phenoxy) is 2. The molecule has 2 aliphatic rings. The zero-order chi connectivity index (χ0) is 20.8. The van der Waals surface area contributed by atoms with Crippen molar-refractivity contribution in [3.8, 4) is 5.75 Å². The fraction of sp³-hybridized carbons (Fsp3) is 0.450. The fourth-order valence-corrected chi connectivity index (χ4v) is 4.29. The highest BCUT2D eigenvalue weighted by atomic mass is 16.6. The highest BCUT2D eigenvalue weighted by molar-refractivity contribution is 5.83. The quantitative estimate of drug-likeness (QED) is 0.473. The van der Waals surface area contributed by atoms with E-state index >= 15 is 0 Å². The van der Waals surface area contributed by atoms with E-state index in [0.717, 1.165) is 18.6 Å². The molecule has 0 radical (unpaired) electrons. The van der Waals surface area contributed by atoms with Gasteiger partial charge >= 0.3 is 0 Å². The summed E-state index contributed by atoms with van der Waals surface area (Å²) in [6.07, 6.45) is 0.621. The smallest absolute Gasteiger partial charge is 0.167 e. The molecule has 1 saturated heterocycles. The van der Waals surface area contributed by atoms with Crippen molar-refractivity contribution in [3.63, 3.8) is 0 Å². The first-order chi connectivity index (χ1) is 14.6. The normalized spacial score (nSPS) is 28.1. The van der Waals surface area contributed by atoms with Crippen molar-refractivity contribution >= 4 is 17.0 Å². The van der Waals surface area contributed by atoms with Crippen molar-refractivity contribution in [1.82, 2.24) is 19.5 Å². The van der Waals surface area contributed by atoms with Gasteiger partial charge in [-0.3, -0.25) is 4.57 Å². The number of rotatable bonds is 5. The number of benzene rings is 1. The second-order valence-corrected chi connectivity index (χ2v) is 7.58. The van der Waals surface area contributed by atoms with Crippen LogP contribution < -0.4 is 10.1 Å². The van der Waals surface area contributed by atoms with E-state index in [9.17, 15) is 15.3 Å². The number of hydrogen-bond acceptors (Lipinski definition) is 9. The molecule has 3 heterocycles. The molecule has 30 heavy (non-hydrogen) atoms. The standard InChI is InChI=1S/C20H23N5O5/c1-29-11-3-4-12-10(6-11)2-5-13(12)24-18-15-19(22-8-21-18)25(9-23-15)20-17(28)16(27)14(7-26)30-20/h3-4,6,8-9,13-14,16-17,20,26-28H,2,5,7H2,1H3,(H,21,22,24)/t13?,14-,16?,17?,20-/m1/s1. The van der Waals surface area contributed by atoms with E-state index in [1.165, 1.54) is 23.8 Å². The van der Waals surface area contributed by atoms with Crippen LogP contribution >= 0.6 is 0 Å². The average molecular weight is 413 g/mol. The zero-order valence-corrected chi connectivity index (χ0v) is 16.3. The number of methoxy groups -OCH3 is 1. The lowest BCUT2D eigenvalue weighted by Crippen LogP contribution is -2.33. The van der Waals surface area contributed by atoms with Crippen molar-refractivity contribution in [2.75, 3.05) is 19.0 Å². The molecule has 158 valence electrons. The predicted octanol–water partition coefficient (Wildman–Crippen LogP) is 0.546. The number of aromatic nitrogens is 4. The van der Waals surface area contributed by atoms with Crippen molar-refractivity contribution < 1.29 is 24.8 Å².